The van der Waals surface area contributed by atoms with Gasteiger partial charge < -0.3 is 5.32 Å². The molecule has 0 aliphatic carbocycles. The zero-order chi connectivity index (χ0) is 15.7. The molecule has 0 amide bonds. The van der Waals surface area contributed by atoms with E-state index in [1.165, 1.54) is 11.8 Å². The van der Waals surface area contributed by atoms with Gasteiger partial charge in [-0.3, -0.25) is 0 Å². The molecule has 0 bridgehead atoms. The van der Waals surface area contributed by atoms with Crippen LogP contribution in [0.2, 0.25) is 5.02 Å². The number of hydrogen-bond donors (Lipinski definition) is 1. The van der Waals surface area contributed by atoms with Gasteiger partial charge in [0.15, 0.2) is 5.17 Å². The number of aryl methyl sites for hydroxylation is 1. The summed E-state index contributed by atoms with van der Waals surface area (Å²) in [4.78, 5) is 0.209. The Morgan fingerprint density at radius 3 is 2.77 bits per heavy atom. The molecular formula is C15H13ClN2O2S2. The van der Waals surface area contributed by atoms with Gasteiger partial charge in [-0.05, 0) is 36.2 Å². The molecule has 1 aliphatic heterocycles. The minimum absolute atomic E-state index is 0.209. The predicted octanol–water partition coefficient (Wildman–Crippen LogP) is 4.05. The second-order valence-electron chi connectivity index (χ2n) is 4.88. The van der Waals surface area contributed by atoms with E-state index in [1.54, 1.807) is 18.2 Å². The summed E-state index contributed by atoms with van der Waals surface area (Å²) >= 11 is 7.42. The van der Waals surface area contributed by atoms with Crippen LogP contribution in [0.3, 0.4) is 0 Å². The summed E-state index contributed by atoms with van der Waals surface area (Å²) in [5.41, 5.74) is 2.49. The highest BCUT2D eigenvalue weighted by atomic mass is 35.5. The fourth-order valence-corrected chi connectivity index (χ4v) is 4.59. The number of fused-ring (bicyclic) bond motifs is 1. The Morgan fingerprint density at radius 2 is 2.00 bits per heavy atom. The maximum atomic E-state index is 12.2. The molecule has 2 aromatic carbocycles. The van der Waals surface area contributed by atoms with Crippen LogP contribution in [-0.4, -0.2) is 13.6 Å². The third kappa shape index (κ3) is 3.14. The fraction of sp³-hybridized carbons (Fsp3) is 0.133. The first-order valence-electron chi connectivity index (χ1n) is 6.54. The Morgan fingerprint density at radius 1 is 1.23 bits per heavy atom. The van der Waals surface area contributed by atoms with Gasteiger partial charge in [0.2, 0.25) is 0 Å². The number of halogens is 1. The Bertz CT molecular complexity index is 864. The Kier molecular flexibility index (Phi) is 4.16. The van der Waals surface area contributed by atoms with E-state index in [1.807, 2.05) is 31.2 Å². The molecule has 1 aliphatic rings. The smallest absolute Gasteiger partial charge is 0.286 e. The lowest BCUT2D eigenvalue weighted by Gasteiger charge is -2.18. The normalized spacial score (nSPS) is 15.6. The number of thioether (sulfide) groups is 1. The van der Waals surface area contributed by atoms with Crippen LogP contribution in [0.25, 0.3) is 0 Å². The highest BCUT2D eigenvalue weighted by molar-refractivity contribution is 8.14. The van der Waals surface area contributed by atoms with Crippen molar-refractivity contribution >= 4 is 44.2 Å². The summed E-state index contributed by atoms with van der Waals surface area (Å²) in [6.45, 7) is 1.91. The van der Waals surface area contributed by atoms with Gasteiger partial charge in [-0.25, -0.2) is 0 Å². The third-order valence-electron chi connectivity index (χ3n) is 3.18. The van der Waals surface area contributed by atoms with Crippen molar-refractivity contribution in [2.24, 2.45) is 4.40 Å². The van der Waals surface area contributed by atoms with Crippen LogP contribution in [0.5, 0.6) is 0 Å². The molecule has 0 spiro atoms. The highest BCUT2D eigenvalue weighted by Crippen LogP contribution is 2.31. The monoisotopic (exact) mass is 352 g/mol. The lowest BCUT2D eigenvalue weighted by atomic mass is 10.2. The Balaban J connectivity index is 1.85. The molecule has 0 radical (unpaired) electrons. The van der Waals surface area contributed by atoms with Crippen LogP contribution in [0.4, 0.5) is 5.69 Å². The van der Waals surface area contributed by atoms with Gasteiger partial charge in [0.25, 0.3) is 10.0 Å². The summed E-state index contributed by atoms with van der Waals surface area (Å²) in [6.07, 6.45) is 0. The number of benzene rings is 2. The molecule has 7 heteroatoms. The van der Waals surface area contributed by atoms with Crippen molar-refractivity contribution in [3.63, 3.8) is 0 Å². The van der Waals surface area contributed by atoms with E-state index in [0.717, 1.165) is 11.1 Å². The van der Waals surface area contributed by atoms with E-state index in [2.05, 4.69) is 9.71 Å². The van der Waals surface area contributed by atoms with Gasteiger partial charge in [0.1, 0.15) is 4.90 Å². The van der Waals surface area contributed by atoms with E-state index in [4.69, 9.17) is 11.6 Å². The van der Waals surface area contributed by atoms with Gasteiger partial charge in [-0.15, -0.1) is 4.40 Å². The molecule has 22 heavy (non-hydrogen) atoms. The molecule has 0 aromatic heterocycles. The fourth-order valence-electron chi connectivity index (χ4n) is 2.09. The molecule has 4 nitrogen and oxygen atoms in total. The standard InChI is InChI=1S/C15H13ClN2O2S2/c1-10-6-7-14-13(8-10)17-15(18-22(14,19)20)21-9-11-4-2-3-5-12(11)16/h2-8H,9H2,1H3,(H,17,18). The lowest BCUT2D eigenvalue weighted by molar-refractivity contribution is 0.598. The zero-order valence-electron chi connectivity index (χ0n) is 11.7. The van der Waals surface area contributed by atoms with Crippen LogP contribution in [0.15, 0.2) is 51.8 Å². The van der Waals surface area contributed by atoms with Crippen LogP contribution < -0.4 is 5.32 Å². The molecule has 2 aromatic rings. The first-order valence-corrected chi connectivity index (χ1v) is 9.35. The van der Waals surface area contributed by atoms with Crippen molar-refractivity contribution < 1.29 is 8.42 Å². The van der Waals surface area contributed by atoms with Crippen molar-refractivity contribution in [3.05, 3.63) is 58.6 Å². The molecule has 3 rings (SSSR count). The molecule has 0 saturated heterocycles. The lowest BCUT2D eigenvalue weighted by Crippen LogP contribution is -2.19. The van der Waals surface area contributed by atoms with E-state index < -0.39 is 10.0 Å². The minimum Gasteiger partial charge on any atom is -0.333 e. The number of nitrogens with zero attached hydrogens (tertiary/aromatic N) is 1. The highest BCUT2D eigenvalue weighted by Gasteiger charge is 2.25. The average Bonchev–Trinajstić information content (AvgIpc) is 2.45. The third-order valence-corrected chi connectivity index (χ3v) is 5.92. The van der Waals surface area contributed by atoms with Gasteiger partial charge >= 0.3 is 0 Å². The molecule has 0 atom stereocenters. The average molecular weight is 353 g/mol. The molecular weight excluding hydrogens is 340 g/mol. The van der Waals surface area contributed by atoms with Crippen LogP contribution in [-0.2, 0) is 15.8 Å². The quantitative estimate of drug-likeness (QED) is 0.885. The first kappa shape index (κ1) is 15.4. The molecule has 0 fully saturated rings. The van der Waals surface area contributed by atoms with Crippen LogP contribution >= 0.6 is 23.4 Å². The van der Waals surface area contributed by atoms with Gasteiger partial charge in [0.05, 0.1) is 5.69 Å². The van der Waals surface area contributed by atoms with Crippen molar-refractivity contribution in [2.45, 2.75) is 17.6 Å². The maximum absolute atomic E-state index is 12.2. The van der Waals surface area contributed by atoms with Crippen molar-refractivity contribution in [1.29, 1.82) is 0 Å². The number of sulfonamides is 1. The molecule has 1 heterocycles. The Hall–Kier alpha value is -1.50. The summed E-state index contributed by atoms with van der Waals surface area (Å²) in [6, 6.07) is 12.6. The Labute approximate surface area is 138 Å². The zero-order valence-corrected chi connectivity index (χ0v) is 14.1. The van der Waals surface area contributed by atoms with Crippen molar-refractivity contribution in [3.8, 4) is 0 Å². The number of anilines is 1. The van der Waals surface area contributed by atoms with Gasteiger partial charge in [-0.1, -0.05) is 47.6 Å². The second kappa shape index (κ2) is 5.95. The second-order valence-corrected chi connectivity index (χ2v) is 7.82. The minimum atomic E-state index is -3.65. The van der Waals surface area contributed by atoms with E-state index in [-0.39, 0.29) is 4.90 Å². The van der Waals surface area contributed by atoms with Crippen molar-refractivity contribution in [2.75, 3.05) is 5.32 Å². The maximum Gasteiger partial charge on any atom is 0.286 e. The number of nitrogens with one attached hydrogen (secondary N) is 1. The topological polar surface area (TPSA) is 58.5 Å². The predicted molar refractivity (Wildman–Crippen MR) is 92.2 cm³/mol. The van der Waals surface area contributed by atoms with Crippen molar-refractivity contribution in [1.82, 2.24) is 0 Å². The number of rotatable bonds is 2. The summed E-state index contributed by atoms with van der Waals surface area (Å²) in [5.74, 6) is 0.544. The first-order chi connectivity index (χ1) is 10.5. The summed E-state index contributed by atoms with van der Waals surface area (Å²) in [5, 5.41) is 4.09. The van der Waals surface area contributed by atoms with Gasteiger partial charge in [0, 0.05) is 10.8 Å². The number of hydrogen-bond acceptors (Lipinski definition) is 4. The molecule has 1 N–H and O–H groups in total. The molecule has 0 unspecified atom stereocenters. The van der Waals surface area contributed by atoms with Crippen LogP contribution in [0, 0.1) is 6.92 Å². The summed E-state index contributed by atoms with van der Waals surface area (Å²) < 4.78 is 28.2. The van der Waals surface area contributed by atoms with Gasteiger partial charge in [-0.2, -0.15) is 8.42 Å². The molecule has 114 valence electrons. The van der Waals surface area contributed by atoms with E-state index in [0.29, 0.717) is 21.6 Å². The van der Waals surface area contributed by atoms with E-state index in [9.17, 15) is 8.42 Å². The summed E-state index contributed by atoms with van der Waals surface area (Å²) in [7, 11) is -3.65. The SMILES string of the molecule is Cc1ccc2c(c1)NC(SCc1ccccc1Cl)=NS2(=O)=O. The van der Waals surface area contributed by atoms with Crippen LogP contribution in [0.1, 0.15) is 11.1 Å². The number of amidine groups is 1. The molecule has 0 saturated carbocycles. The van der Waals surface area contributed by atoms with E-state index >= 15 is 0 Å². The largest absolute Gasteiger partial charge is 0.333 e.